The van der Waals surface area contributed by atoms with Gasteiger partial charge in [-0.2, -0.15) is 0 Å². The number of hydrogen-bond acceptors (Lipinski definition) is 1. The summed E-state index contributed by atoms with van der Waals surface area (Å²) in [6.45, 7) is 0.920. The third kappa shape index (κ3) is 1.44. The maximum atomic E-state index is 3.20. The van der Waals surface area contributed by atoms with Crippen molar-refractivity contribution in [2.75, 3.05) is 7.05 Å². The van der Waals surface area contributed by atoms with E-state index < -0.39 is 0 Å². The standard InChI is InChI=1S/C11H13IN2/c1-13-7-10-11(12)8-5-3-4-6-9(8)14(10)2/h3-6,13H,7H2,1-2H3. The number of rotatable bonds is 2. The van der Waals surface area contributed by atoms with Gasteiger partial charge in [0.05, 0.1) is 0 Å². The van der Waals surface area contributed by atoms with Crippen molar-refractivity contribution >= 4 is 33.5 Å². The van der Waals surface area contributed by atoms with Gasteiger partial charge in [0.25, 0.3) is 0 Å². The van der Waals surface area contributed by atoms with Crippen LogP contribution in [0.5, 0.6) is 0 Å². The maximum Gasteiger partial charge on any atom is 0.0491 e. The fourth-order valence-corrected chi connectivity index (χ4v) is 2.77. The van der Waals surface area contributed by atoms with Crippen LogP contribution in [0.2, 0.25) is 0 Å². The van der Waals surface area contributed by atoms with Crippen LogP contribution < -0.4 is 5.32 Å². The van der Waals surface area contributed by atoms with Gasteiger partial charge in [-0.05, 0) is 35.7 Å². The van der Waals surface area contributed by atoms with Crippen LogP contribution >= 0.6 is 22.6 Å². The lowest BCUT2D eigenvalue weighted by Crippen LogP contribution is -2.10. The number of nitrogens with one attached hydrogen (secondary N) is 1. The van der Waals surface area contributed by atoms with Crippen LogP contribution in [-0.2, 0) is 13.6 Å². The zero-order valence-electron chi connectivity index (χ0n) is 8.34. The summed E-state index contributed by atoms with van der Waals surface area (Å²) in [6.07, 6.45) is 0. The molecule has 0 unspecified atom stereocenters. The van der Waals surface area contributed by atoms with Crippen LogP contribution in [0.15, 0.2) is 24.3 Å². The minimum atomic E-state index is 0.920. The summed E-state index contributed by atoms with van der Waals surface area (Å²) >= 11 is 2.42. The van der Waals surface area contributed by atoms with E-state index >= 15 is 0 Å². The van der Waals surface area contributed by atoms with E-state index in [2.05, 4.69) is 63.8 Å². The Balaban J connectivity index is 2.72. The molecule has 2 aromatic rings. The second-order valence-electron chi connectivity index (χ2n) is 3.37. The summed E-state index contributed by atoms with van der Waals surface area (Å²) in [7, 11) is 4.10. The molecule has 14 heavy (non-hydrogen) atoms. The number of aromatic nitrogens is 1. The van der Waals surface area contributed by atoms with Gasteiger partial charge >= 0.3 is 0 Å². The maximum absolute atomic E-state index is 3.20. The lowest BCUT2D eigenvalue weighted by Gasteiger charge is -2.03. The number of para-hydroxylation sites is 1. The number of benzene rings is 1. The average Bonchev–Trinajstić information content (AvgIpc) is 2.45. The molecule has 0 aliphatic rings. The summed E-state index contributed by atoms with van der Waals surface area (Å²) < 4.78 is 3.61. The monoisotopic (exact) mass is 300 g/mol. The second kappa shape index (κ2) is 3.90. The molecule has 0 aliphatic carbocycles. The number of hydrogen-bond donors (Lipinski definition) is 1. The molecule has 0 bridgehead atoms. The molecule has 0 radical (unpaired) electrons. The number of aryl methyl sites for hydroxylation is 1. The molecular formula is C11H13IN2. The van der Waals surface area contributed by atoms with Crippen molar-refractivity contribution in [2.45, 2.75) is 6.54 Å². The molecule has 1 heterocycles. The van der Waals surface area contributed by atoms with E-state index in [1.165, 1.54) is 20.2 Å². The van der Waals surface area contributed by atoms with E-state index in [-0.39, 0.29) is 0 Å². The van der Waals surface area contributed by atoms with E-state index in [1.807, 2.05) is 7.05 Å². The second-order valence-corrected chi connectivity index (χ2v) is 4.45. The predicted molar refractivity (Wildman–Crippen MR) is 68.4 cm³/mol. The van der Waals surface area contributed by atoms with Gasteiger partial charge in [-0.15, -0.1) is 0 Å². The molecular weight excluding hydrogens is 287 g/mol. The van der Waals surface area contributed by atoms with E-state index in [9.17, 15) is 0 Å². The highest BCUT2D eigenvalue weighted by Crippen LogP contribution is 2.26. The quantitative estimate of drug-likeness (QED) is 0.843. The van der Waals surface area contributed by atoms with Gasteiger partial charge in [0.1, 0.15) is 0 Å². The first-order valence-corrected chi connectivity index (χ1v) is 5.70. The Labute approximate surface area is 97.4 Å². The number of nitrogens with zero attached hydrogens (tertiary/aromatic N) is 1. The van der Waals surface area contributed by atoms with Crippen LogP contribution in [0.25, 0.3) is 10.9 Å². The van der Waals surface area contributed by atoms with Gasteiger partial charge in [0, 0.05) is 33.8 Å². The highest BCUT2D eigenvalue weighted by atomic mass is 127. The molecule has 0 atom stereocenters. The molecule has 2 rings (SSSR count). The Morgan fingerprint density at radius 1 is 1.36 bits per heavy atom. The Hall–Kier alpha value is -0.550. The van der Waals surface area contributed by atoms with Crippen molar-refractivity contribution in [3.63, 3.8) is 0 Å². The van der Waals surface area contributed by atoms with Crippen LogP contribution in [-0.4, -0.2) is 11.6 Å². The summed E-state index contributed by atoms with van der Waals surface area (Å²) in [5.41, 5.74) is 2.66. The molecule has 1 N–H and O–H groups in total. The SMILES string of the molecule is CNCc1c(I)c2ccccc2n1C. The largest absolute Gasteiger partial charge is 0.346 e. The first-order chi connectivity index (χ1) is 6.75. The molecule has 1 aromatic heterocycles. The zero-order valence-corrected chi connectivity index (χ0v) is 10.5. The Kier molecular flexibility index (Phi) is 2.78. The molecule has 0 saturated carbocycles. The zero-order chi connectivity index (χ0) is 10.1. The molecule has 0 amide bonds. The summed E-state index contributed by atoms with van der Waals surface area (Å²) in [5.74, 6) is 0. The Morgan fingerprint density at radius 3 is 2.71 bits per heavy atom. The van der Waals surface area contributed by atoms with Crippen molar-refractivity contribution < 1.29 is 0 Å². The van der Waals surface area contributed by atoms with Crippen LogP contribution in [0, 0.1) is 3.57 Å². The van der Waals surface area contributed by atoms with E-state index in [1.54, 1.807) is 0 Å². The molecule has 1 aromatic carbocycles. The van der Waals surface area contributed by atoms with E-state index in [0.29, 0.717) is 0 Å². The molecule has 3 heteroatoms. The molecule has 0 aliphatic heterocycles. The van der Waals surface area contributed by atoms with Gasteiger partial charge in [-0.3, -0.25) is 0 Å². The topological polar surface area (TPSA) is 17.0 Å². The number of halogens is 1. The van der Waals surface area contributed by atoms with Crippen molar-refractivity contribution in [3.05, 3.63) is 33.5 Å². The first-order valence-electron chi connectivity index (χ1n) is 4.62. The molecule has 0 spiro atoms. The highest BCUT2D eigenvalue weighted by molar-refractivity contribution is 14.1. The Morgan fingerprint density at radius 2 is 2.07 bits per heavy atom. The van der Waals surface area contributed by atoms with Crippen LogP contribution in [0.1, 0.15) is 5.69 Å². The smallest absolute Gasteiger partial charge is 0.0491 e. The average molecular weight is 300 g/mol. The third-order valence-electron chi connectivity index (χ3n) is 2.50. The van der Waals surface area contributed by atoms with Gasteiger partial charge in [0.15, 0.2) is 0 Å². The Bertz CT molecular complexity index is 421. The van der Waals surface area contributed by atoms with Gasteiger partial charge in [0.2, 0.25) is 0 Å². The first kappa shape index (κ1) is 9.98. The molecule has 0 saturated heterocycles. The molecule has 2 nitrogen and oxygen atoms in total. The fraction of sp³-hybridized carbons (Fsp3) is 0.273. The van der Waals surface area contributed by atoms with E-state index in [4.69, 9.17) is 0 Å². The normalized spacial score (nSPS) is 11.1. The summed E-state index contributed by atoms with van der Waals surface area (Å²) in [5, 5.41) is 4.55. The highest BCUT2D eigenvalue weighted by Gasteiger charge is 2.10. The van der Waals surface area contributed by atoms with Crippen LogP contribution in [0.3, 0.4) is 0 Å². The van der Waals surface area contributed by atoms with Crippen molar-refractivity contribution in [1.82, 2.24) is 9.88 Å². The van der Waals surface area contributed by atoms with Crippen molar-refractivity contribution in [2.24, 2.45) is 7.05 Å². The lowest BCUT2D eigenvalue weighted by molar-refractivity contribution is 0.741. The number of fused-ring (bicyclic) bond motifs is 1. The van der Waals surface area contributed by atoms with Gasteiger partial charge < -0.3 is 9.88 Å². The fourth-order valence-electron chi connectivity index (χ4n) is 1.76. The summed E-state index contributed by atoms with van der Waals surface area (Å²) in [4.78, 5) is 0. The van der Waals surface area contributed by atoms with Crippen molar-refractivity contribution in [1.29, 1.82) is 0 Å². The summed E-state index contributed by atoms with van der Waals surface area (Å²) in [6, 6.07) is 8.52. The van der Waals surface area contributed by atoms with Crippen molar-refractivity contribution in [3.8, 4) is 0 Å². The third-order valence-corrected chi connectivity index (χ3v) is 3.71. The minimum Gasteiger partial charge on any atom is -0.346 e. The molecule has 74 valence electrons. The predicted octanol–water partition coefficient (Wildman–Crippen LogP) is 2.50. The lowest BCUT2D eigenvalue weighted by atomic mass is 10.2. The minimum absolute atomic E-state index is 0.920. The van der Waals surface area contributed by atoms with E-state index in [0.717, 1.165) is 6.54 Å². The van der Waals surface area contributed by atoms with Crippen LogP contribution in [0.4, 0.5) is 0 Å². The van der Waals surface area contributed by atoms with Gasteiger partial charge in [-0.1, -0.05) is 18.2 Å². The van der Waals surface area contributed by atoms with Gasteiger partial charge in [-0.25, -0.2) is 0 Å². The molecule has 0 fully saturated rings.